The topological polar surface area (TPSA) is 132 Å². The molecule has 41 heavy (non-hydrogen) atoms. The van der Waals surface area contributed by atoms with Crippen LogP contribution in [-0.4, -0.2) is 52.3 Å². The summed E-state index contributed by atoms with van der Waals surface area (Å²) in [5.41, 5.74) is 9.25. The van der Waals surface area contributed by atoms with Crippen LogP contribution in [0.1, 0.15) is 38.8 Å². The third-order valence-corrected chi connectivity index (χ3v) is 6.66. The quantitative estimate of drug-likeness (QED) is 0.378. The van der Waals surface area contributed by atoms with Gasteiger partial charge in [0.1, 0.15) is 28.3 Å². The maximum atomic E-state index is 13.6. The number of amides is 1. The van der Waals surface area contributed by atoms with Gasteiger partial charge in [0.15, 0.2) is 0 Å². The van der Waals surface area contributed by atoms with Gasteiger partial charge < -0.3 is 26.3 Å². The molecule has 10 nitrogen and oxygen atoms in total. The van der Waals surface area contributed by atoms with E-state index in [1.807, 2.05) is 13.8 Å². The van der Waals surface area contributed by atoms with Crippen LogP contribution in [-0.2, 0) is 4.79 Å². The van der Waals surface area contributed by atoms with E-state index in [0.29, 0.717) is 40.3 Å². The molecule has 0 radical (unpaired) electrons. The molecule has 2 aromatic heterocycles. The maximum Gasteiger partial charge on any atom is 1.00 e. The molecule has 0 saturated heterocycles. The minimum atomic E-state index is -2.79. The Labute approximate surface area is 284 Å². The van der Waals surface area contributed by atoms with Crippen molar-refractivity contribution in [2.75, 3.05) is 25.1 Å². The fourth-order valence-electron chi connectivity index (χ4n) is 3.76. The number of anilines is 1. The molecular formula is C27H29F2KN8O2S. The van der Waals surface area contributed by atoms with E-state index in [9.17, 15) is 13.6 Å². The van der Waals surface area contributed by atoms with E-state index in [4.69, 9.17) is 10.5 Å². The molecule has 4 heterocycles. The maximum absolute atomic E-state index is 13.6. The fourth-order valence-corrected chi connectivity index (χ4v) is 4.46. The van der Waals surface area contributed by atoms with Crippen LogP contribution in [0.3, 0.4) is 0 Å². The Hall–Kier alpha value is -2.54. The second kappa shape index (κ2) is 15.6. The van der Waals surface area contributed by atoms with Crippen molar-refractivity contribution in [1.82, 2.24) is 15.4 Å². The summed E-state index contributed by atoms with van der Waals surface area (Å²) in [5, 5.41) is 9.07. The Morgan fingerprint density at radius 2 is 2.00 bits per heavy atom. The first-order valence-electron chi connectivity index (χ1n) is 12.8. The predicted molar refractivity (Wildman–Crippen MR) is 154 cm³/mol. The Morgan fingerprint density at radius 3 is 2.68 bits per heavy atom. The van der Waals surface area contributed by atoms with Crippen LogP contribution >= 0.6 is 11.8 Å². The number of rotatable bonds is 6. The zero-order valence-corrected chi connectivity index (χ0v) is 27.2. The van der Waals surface area contributed by atoms with E-state index < -0.39 is 12.1 Å². The van der Waals surface area contributed by atoms with Gasteiger partial charge >= 0.3 is 51.4 Å². The van der Waals surface area contributed by atoms with Crippen molar-refractivity contribution in [2.45, 2.75) is 38.5 Å². The third-order valence-electron chi connectivity index (χ3n) is 5.80. The monoisotopic (exact) mass is 606 g/mol. The van der Waals surface area contributed by atoms with Gasteiger partial charge in [-0.3, -0.25) is 19.7 Å². The number of hydrogen-bond acceptors (Lipinski definition) is 9. The van der Waals surface area contributed by atoms with Gasteiger partial charge in [0.05, 0.1) is 19.9 Å². The third kappa shape index (κ3) is 8.27. The van der Waals surface area contributed by atoms with Gasteiger partial charge in [-0.1, -0.05) is 37.5 Å². The molecule has 1 atom stereocenters. The van der Waals surface area contributed by atoms with Gasteiger partial charge in [0.2, 0.25) is 0 Å². The van der Waals surface area contributed by atoms with Crippen molar-refractivity contribution >= 4 is 40.1 Å². The number of nitrogens with one attached hydrogen (secondary N) is 1. The molecule has 1 unspecified atom stereocenters. The van der Waals surface area contributed by atoms with Crippen molar-refractivity contribution in [3.05, 3.63) is 47.8 Å². The number of carbonyl (C=O) groups is 1. The number of alkyl halides is 2. The smallest absolute Gasteiger partial charge is 0.494 e. The average Bonchev–Trinajstić information content (AvgIpc) is 3.71. The second-order valence-corrected chi connectivity index (χ2v) is 9.52. The zero-order chi connectivity index (χ0) is 28.6. The number of hydrazone groups is 1. The Balaban J connectivity index is 0.00000151. The van der Waals surface area contributed by atoms with Crippen molar-refractivity contribution in [3.63, 3.8) is 0 Å². The molecule has 2 aromatic rings. The Morgan fingerprint density at radius 1 is 1.22 bits per heavy atom. The van der Waals surface area contributed by atoms with Crippen molar-refractivity contribution in [3.8, 4) is 28.7 Å². The SMILES string of the molecule is CC.COc1cnc(C(F)F)cc1-c1cc(N2CCN=C(/C=C\N)C2=O)ncc1[N-]C1=NNC(C#CC2CC2)S1.[K+]. The minimum Gasteiger partial charge on any atom is -0.494 e. The molecule has 1 aliphatic carbocycles. The molecule has 14 heteroatoms. The first-order valence-corrected chi connectivity index (χ1v) is 13.6. The van der Waals surface area contributed by atoms with Crippen LogP contribution in [0.2, 0.25) is 0 Å². The van der Waals surface area contributed by atoms with Crippen LogP contribution in [0.4, 0.5) is 20.3 Å². The molecule has 5 rings (SSSR count). The van der Waals surface area contributed by atoms with Gasteiger partial charge in [-0.15, -0.1) is 0 Å². The zero-order valence-electron chi connectivity index (χ0n) is 23.3. The number of aromatic nitrogens is 2. The number of methoxy groups -OCH3 is 1. The van der Waals surface area contributed by atoms with Crippen LogP contribution in [0.15, 0.2) is 46.9 Å². The Kier molecular flexibility index (Phi) is 12.6. The van der Waals surface area contributed by atoms with Gasteiger partial charge in [-0.05, 0) is 53.7 Å². The average molecular weight is 607 g/mol. The number of carbonyl (C=O) groups excluding carboxylic acids is 1. The standard InChI is InChI=1S/C25H24F2N8O2S.C2H6.K/c1-37-20-13-30-18(23(26)27)10-16(20)15-11-21(35-9-8-29-17(6-7-28)24(35)36)31-12-19(15)32-25-34-33-22(38-25)5-4-14-2-3-14;1-2;/h6-7,10-14,22-23H,2-3,8-9H2,1H3,(H4,28,29,30,31,32,33,34,36);1-2H3;/q;;+1/p-1. The molecular weight excluding hydrogens is 578 g/mol. The normalized spacial score (nSPS) is 17.9. The van der Waals surface area contributed by atoms with Gasteiger partial charge in [-0.25, -0.2) is 13.8 Å². The van der Waals surface area contributed by atoms with E-state index in [1.54, 1.807) is 6.07 Å². The largest absolute Gasteiger partial charge is 1.00 e. The minimum absolute atomic E-state index is 0. The van der Waals surface area contributed by atoms with Gasteiger partial charge in [0.25, 0.3) is 12.3 Å². The fraction of sp³-hybridized carbons (Fsp3) is 0.370. The summed E-state index contributed by atoms with van der Waals surface area (Å²) in [6, 6.07) is 2.85. The summed E-state index contributed by atoms with van der Waals surface area (Å²) in [4.78, 5) is 26.9. The number of amidine groups is 1. The second-order valence-electron chi connectivity index (χ2n) is 8.45. The first-order chi connectivity index (χ1) is 19.5. The van der Waals surface area contributed by atoms with E-state index >= 15 is 0 Å². The first kappa shape index (κ1) is 33.0. The number of halogens is 2. The number of hydrogen-bond donors (Lipinski definition) is 2. The molecule has 0 bridgehead atoms. The molecule has 3 N–H and O–H groups in total. The van der Waals surface area contributed by atoms with E-state index in [1.165, 1.54) is 54.5 Å². The van der Waals surface area contributed by atoms with Crippen LogP contribution in [0.25, 0.3) is 16.4 Å². The summed E-state index contributed by atoms with van der Waals surface area (Å²) in [7, 11) is 1.42. The predicted octanol–water partition coefficient (Wildman–Crippen LogP) is 1.73. The number of ether oxygens (including phenoxy) is 1. The van der Waals surface area contributed by atoms with E-state index in [2.05, 4.69) is 42.6 Å². The molecule has 2 aliphatic heterocycles. The van der Waals surface area contributed by atoms with E-state index in [-0.39, 0.29) is 80.7 Å². The molecule has 210 valence electrons. The number of nitrogens with zero attached hydrogens (tertiary/aromatic N) is 6. The van der Waals surface area contributed by atoms with Crippen molar-refractivity contribution in [2.24, 2.45) is 21.7 Å². The molecule has 1 saturated carbocycles. The molecule has 1 amide bonds. The molecule has 3 aliphatic rings. The molecule has 1 fully saturated rings. The van der Waals surface area contributed by atoms with Gasteiger partial charge in [0, 0.05) is 24.2 Å². The summed E-state index contributed by atoms with van der Waals surface area (Å²) < 4.78 is 32.6. The summed E-state index contributed by atoms with van der Waals surface area (Å²) in [5.74, 6) is 6.97. The van der Waals surface area contributed by atoms with Crippen molar-refractivity contribution in [1.29, 1.82) is 0 Å². The van der Waals surface area contributed by atoms with Crippen LogP contribution < -0.4 is 72.2 Å². The van der Waals surface area contributed by atoms with Crippen LogP contribution in [0, 0.1) is 17.8 Å². The van der Waals surface area contributed by atoms with Crippen LogP contribution in [0.5, 0.6) is 5.75 Å². The number of thioether (sulfide) groups is 1. The molecule has 0 aromatic carbocycles. The number of aliphatic imine (C=N–C) groups is 1. The van der Waals surface area contributed by atoms with Gasteiger partial charge in [-0.2, -0.15) is 0 Å². The Bertz CT molecular complexity index is 1410. The summed E-state index contributed by atoms with van der Waals surface area (Å²) >= 11 is 1.34. The molecule has 0 spiro atoms. The van der Waals surface area contributed by atoms with Crippen molar-refractivity contribution < 1.29 is 69.7 Å². The summed E-state index contributed by atoms with van der Waals surface area (Å²) in [6.07, 6.45) is 4.81. The number of pyridine rings is 2. The number of nitrogens with two attached hydrogens (primary N) is 1. The summed E-state index contributed by atoms with van der Waals surface area (Å²) in [6.45, 7) is 4.64. The van der Waals surface area contributed by atoms with E-state index in [0.717, 1.165) is 12.8 Å².